The number of halogens is 2. The molecule has 1 N–H and O–H groups in total. The van der Waals surface area contributed by atoms with Crippen molar-refractivity contribution in [1.29, 1.82) is 0 Å². The van der Waals surface area contributed by atoms with Crippen LogP contribution in [0, 0.1) is 5.92 Å². The van der Waals surface area contributed by atoms with E-state index in [4.69, 9.17) is 9.57 Å². The van der Waals surface area contributed by atoms with Crippen LogP contribution >= 0.6 is 31.9 Å². The molecule has 0 heterocycles. The van der Waals surface area contributed by atoms with Crippen LogP contribution in [-0.2, 0) is 11.4 Å². The molecular weight excluding hydrogens is 362 g/mol. The van der Waals surface area contributed by atoms with Gasteiger partial charge in [0, 0.05) is 16.6 Å². The van der Waals surface area contributed by atoms with Gasteiger partial charge in [0.2, 0.25) is 0 Å². The van der Waals surface area contributed by atoms with E-state index in [1.165, 1.54) is 0 Å². The Hall–Kier alpha value is -0.100. The summed E-state index contributed by atoms with van der Waals surface area (Å²) in [5.41, 5.74) is 4.02. The van der Waals surface area contributed by atoms with Crippen LogP contribution in [0.25, 0.3) is 0 Å². The average molecular weight is 381 g/mol. The van der Waals surface area contributed by atoms with E-state index in [9.17, 15) is 0 Å². The standard InChI is InChI=1S/C13H19Br2NO2/c1-4-17-13-10(5-11(14)6-12(13)15)7-16-18-8-9(2)3/h5-6,9,16H,4,7-8H2,1-3H3. The summed E-state index contributed by atoms with van der Waals surface area (Å²) < 4.78 is 7.59. The van der Waals surface area contributed by atoms with Crippen molar-refractivity contribution in [3.8, 4) is 5.75 Å². The quantitative estimate of drug-likeness (QED) is 0.565. The molecule has 0 saturated carbocycles. The summed E-state index contributed by atoms with van der Waals surface area (Å²) >= 11 is 6.98. The maximum absolute atomic E-state index is 5.64. The normalized spacial score (nSPS) is 11.0. The minimum absolute atomic E-state index is 0.512. The lowest BCUT2D eigenvalue weighted by Crippen LogP contribution is -2.18. The molecule has 102 valence electrons. The van der Waals surface area contributed by atoms with Gasteiger partial charge < -0.3 is 9.57 Å². The molecule has 1 aromatic carbocycles. The van der Waals surface area contributed by atoms with Crippen LogP contribution in [0.3, 0.4) is 0 Å². The Bertz CT molecular complexity index is 383. The van der Waals surface area contributed by atoms with E-state index >= 15 is 0 Å². The van der Waals surface area contributed by atoms with E-state index < -0.39 is 0 Å². The molecule has 0 unspecified atom stereocenters. The molecule has 0 aromatic heterocycles. The van der Waals surface area contributed by atoms with Gasteiger partial charge >= 0.3 is 0 Å². The second-order valence-electron chi connectivity index (χ2n) is 4.33. The third-order valence-corrected chi connectivity index (χ3v) is 3.20. The smallest absolute Gasteiger partial charge is 0.138 e. The maximum Gasteiger partial charge on any atom is 0.138 e. The first-order chi connectivity index (χ1) is 8.54. The minimum Gasteiger partial charge on any atom is -0.492 e. The molecule has 0 amide bonds. The number of ether oxygens (including phenoxy) is 1. The van der Waals surface area contributed by atoms with Gasteiger partial charge in [-0.25, -0.2) is 0 Å². The Labute approximate surface area is 125 Å². The molecule has 1 rings (SSSR count). The fourth-order valence-electron chi connectivity index (χ4n) is 1.41. The molecule has 0 radical (unpaired) electrons. The van der Waals surface area contributed by atoms with Crippen LogP contribution in [0.15, 0.2) is 21.1 Å². The molecule has 5 heteroatoms. The van der Waals surface area contributed by atoms with Crippen molar-refractivity contribution < 1.29 is 9.57 Å². The Morgan fingerprint density at radius 3 is 2.61 bits per heavy atom. The van der Waals surface area contributed by atoms with E-state index in [2.05, 4.69) is 51.2 Å². The maximum atomic E-state index is 5.64. The lowest BCUT2D eigenvalue weighted by molar-refractivity contribution is 0.0192. The van der Waals surface area contributed by atoms with Crippen LogP contribution in [0.4, 0.5) is 0 Å². The number of benzene rings is 1. The third-order valence-electron chi connectivity index (χ3n) is 2.16. The van der Waals surface area contributed by atoms with Gasteiger partial charge in [-0.1, -0.05) is 29.8 Å². The van der Waals surface area contributed by atoms with Crippen molar-refractivity contribution >= 4 is 31.9 Å². The van der Waals surface area contributed by atoms with Crippen LogP contribution in [0.1, 0.15) is 26.3 Å². The zero-order valence-corrected chi connectivity index (χ0v) is 14.1. The summed E-state index contributed by atoms with van der Waals surface area (Å²) in [5, 5.41) is 0. The summed E-state index contributed by atoms with van der Waals surface area (Å²) in [5.74, 6) is 1.37. The zero-order valence-electron chi connectivity index (χ0n) is 10.9. The molecule has 0 spiro atoms. The summed E-state index contributed by atoms with van der Waals surface area (Å²) in [6, 6.07) is 4.00. The van der Waals surface area contributed by atoms with Crippen molar-refractivity contribution in [2.24, 2.45) is 5.92 Å². The second-order valence-corrected chi connectivity index (χ2v) is 6.10. The van der Waals surface area contributed by atoms with Gasteiger partial charge in [-0.3, -0.25) is 0 Å². The first kappa shape index (κ1) is 16.0. The summed E-state index contributed by atoms with van der Waals surface area (Å²) in [4.78, 5) is 5.38. The predicted octanol–water partition coefficient (Wildman–Crippen LogP) is 4.29. The monoisotopic (exact) mass is 379 g/mol. The fourth-order valence-corrected chi connectivity index (χ4v) is 2.83. The van der Waals surface area contributed by atoms with Gasteiger partial charge in [0.1, 0.15) is 5.75 Å². The van der Waals surface area contributed by atoms with E-state index in [-0.39, 0.29) is 0 Å². The molecule has 0 fully saturated rings. The molecular formula is C13H19Br2NO2. The van der Waals surface area contributed by atoms with Gasteiger partial charge in [-0.2, -0.15) is 5.48 Å². The van der Waals surface area contributed by atoms with Crippen LogP contribution in [0.2, 0.25) is 0 Å². The average Bonchev–Trinajstić information content (AvgIpc) is 2.28. The van der Waals surface area contributed by atoms with Gasteiger partial charge in [0.15, 0.2) is 0 Å². The highest BCUT2D eigenvalue weighted by molar-refractivity contribution is 9.11. The van der Waals surface area contributed by atoms with E-state index in [1.54, 1.807) is 0 Å². The Balaban J connectivity index is 2.67. The zero-order chi connectivity index (χ0) is 13.5. The van der Waals surface area contributed by atoms with Crippen molar-refractivity contribution in [2.75, 3.05) is 13.2 Å². The summed E-state index contributed by atoms with van der Waals surface area (Å²) in [6.45, 7) is 8.15. The molecule has 0 aliphatic carbocycles. The summed E-state index contributed by atoms with van der Waals surface area (Å²) in [6.07, 6.45) is 0. The number of hydroxylamine groups is 1. The number of nitrogens with one attached hydrogen (secondary N) is 1. The highest BCUT2D eigenvalue weighted by atomic mass is 79.9. The second kappa shape index (κ2) is 8.15. The molecule has 0 aliphatic rings. The predicted molar refractivity (Wildman–Crippen MR) is 80.6 cm³/mol. The summed E-state index contributed by atoms with van der Waals surface area (Å²) in [7, 11) is 0. The molecule has 0 bridgehead atoms. The fraction of sp³-hybridized carbons (Fsp3) is 0.538. The molecule has 1 aromatic rings. The Kier molecular flexibility index (Phi) is 7.22. The third kappa shape index (κ3) is 5.26. The Morgan fingerprint density at radius 2 is 2.00 bits per heavy atom. The number of rotatable bonds is 7. The topological polar surface area (TPSA) is 30.5 Å². The molecule has 0 aliphatic heterocycles. The van der Waals surface area contributed by atoms with E-state index in [0.717, 1.165) is 20.3 Å². The number of hydrogen-bond acceptors (Lipinski definition) is 3. The molecule has 18 heavy (non-hydrogen) atoms. The SMILES string of the molecule is CCOc1c(Br)cc(Br)cc1CNOCC(C)C. The highest BCUT2D eigenvalue weighted by Crippen LogP contribution is 2.32. The molecule has 0 atom stereocenters. The van der Waals surface area contributed by atoms with Crippen LogP contribution < -0.4 is 10.2 Å². The van der Waals surface area contributed by atoms with Gasteiger partial charge in [0.25, 0.3) is 0 Å². The van der Waals surface area contributed by atoms with E-state index in [0.29, 0.717) is 25.7 Å². The van der Waals surface area contributed by atoms with Gasteiger partial charge in [-0.15, -0.1) is 0 Å². The lowest BCUT2D eigenvalue weighted by atomic mass is 10.2. The first-order valence-corrected chi connectivity index (χ1v) is 7.58. The van der Waals surface area contributed by atoms with Crippen LogP contribution in [-0.4, -0.2) is 13.2 Å². The van der Waals surface area contributed by atoms with Crippen molar-refractivity contribution in [3.63, 3.8) is 0 Å². The van der Waals surface area contributed by atoms with Crippen molar-refractivity contribution in [2.45, 2.75) is 27.3 Å². The van der Waals surface area contributed by atoms with Gasteiger partial charge in [-0.05, 0) is 40.9 Å². The minimum atomic E-state index is 0.512. The lowest BCUT2D eigenvalue weighted by Gasteiger charge is -2.14. The van der Waals surface area contributed by atoms with Crippen molar-refractivity contribution in [1.82, 2.24) is 5.48 Å². The van der Waals surface area contributed by atoms with Crippen LogP contribution in [0.5, 0.6) is 5.75 Å². The Morgan fingerprint density at radius 1 is 1.28 bits per heavy atom. The molecule has 0 saturated heterocycles. The van der Waals surface area contributed by atoms with Gasteiger partial charge in [0.05, 0.1) is 17.7 Å². The largest absolute Gasteiger partial charge is 0.492 e. The molecule has 3 nitrogen and oxygen atoms in total. The van der Waals surface area contributed by atoms with E-state index in [1.807, 2.05) is 19.1 Å². The first-order valence-electron chi connectivity index (χ1n) is 6.00. The van der Waals surface area contributed by atoms with Crippen molar-refractivity contribution in [3.05, 3.63) is 26.6 Å². The number of hydrogen-bond donors (Lipinski definition) is 1. The highest BCUT2D eigenvalue weighted by Gasteiger charge is 2.09.